The smallest absolute Gasteiger partial charge is 0.403 e. The second-order valence-corrected chi connectivity index (χ2v) is 6.82. The minimum atomic E-state index is -0.262. The summed E-state index contributed by atoms with van der Waals surface area (Å²) in [6.07, 6.45) is 3.03. The fraction of sp³-hybridized carbons (Fsp3) is 0.579. The van der Waals surface area contributed by atoms with Crippen molar-refractivity contribution in [1.29, 1.82) is 0 Å². The van der Waals surface area contributed by atoms with Crippen LogP contribution in [-0.2, 0) is 42.2 Å². The second kappa shape index (κ2) is 8.63. The van der Waals surface area contributed by atoms with Crippen LogP contribution in [0.3, 0.4) is 0 Å². The molecule has 0 saturated carbocycles. The number of carbonyl (C=O) groups is 2. The molecule has 2 aliphatic heterocycles. The van der Waals surface area contributed by atoms with Gasteiger partial charge in [0.15, 0.2) is 0 Å². The van der Waals surface area contributed by atoms with E-state index in [-0.39, 0.29) is 50.8 Å². The van der Waals surface area contributed by atoms with E-state index in [1.165, 1.54) is 0 Å². The van der Waals surface area contributed by atoms with Crippen LogP contribution in [0.1, 0.15) is 55.2 Å². The number of piperidine rings is 1. The summed E-state index contributed by atoms with van der Waals surface area (Å²) in [6, 6.07) is 5.53. The predicted octanol–water partition coefficient (Wildman–Crippen LogP) is 3.22. The first-order valence-corrected chi connectivity index (χ1v) is 8.77. The molecule has 1 radical (unpaired) electrons. The topological polar surface area (TPSA) is 58.6 Å². The molecule has 2 amide bonds. The Labute approximate surface area is 174 Å². The molecule has 3 rings (SSSR count). The average Bonchev–Trinajstić information content (AvgIpc) is 2.91. The third-order valence-electron chi connectivity index (χ3n) is 4.93. The van der Waals surface area contributed by atoms with Crippen LogP contribution in [0.5, 0.6) is 0 Å². The summed E-state index contributed by atoms with van der Waals surface area (Å²) in [5, 5.41) is 2.93. The van der Waals surface area contributed by atoms with Crippen molar-refractivity contribution in [1.82, 2.24) is 5.32 Å². The van der Waals surface area contributed by atoms with Crippen molar-refractivity contribution >= 4 is 17.7 Å². The van der Waals surface area contributed by atoms with Gasteiger partial charge in [0.2, 0.25) is 5.91 Å². The molecule has 5 nitrogen and oxygen atoms in total. The maximum Gasteiger partial charge on any atom is 0.403 e. The van der Waals surface area contributed by atoms with Crippen molar-refractivity contribution in [2.45, 2.75) is 58.5 Å². The number of benzene rings is 1. The summed E-state index contributed by atoms with van der Waals surface area (Å²) < 4.78 is 5.45. The first kappa shape index (κ1) is 20.4. The standard InChI is InChI=1S/C19H25N2O3.Y/c1-4-5-15-11-21(19(23)24-15)17-9-12(2)16(8-13(17)3)14-6-7-18(22)20-10-14;/h9,14-15H,4-7,10-11H2,1-3H3,(H,20,22);/q-1;/t14?,15-;/m0./s1. The number of amides is 2. The summed E-state index contributed by atoms with van der Waals surface area (Å²) in [7, 11) is 0. The fourth-order valence-corrected chi connectivity index (χ4v) is 3.63. The van der Waals surface area contributed by atoms with Crippen LogP contribution in [0, 0.1) is 19.9 Å². The molecule has 1 aromatic carbocycles. The molecular weight excluding hydrogens is 393 g/mol. The molecule has 2 heterocycles. The van der Waals surface area contributed by atoms with E-state index in [9.17, 15) is 9.59 Å². The molecule has 1 N–H and O–H groups in total. The van der Waals surface area contributed by atoms with E-state index in [2.05, 4.69) is 31.3 Å². The Morgan fingerprint density at radius 3 is 2.76 bits per heavy atom. The van der Waals surface area contributed by atoms with Gasteiger partial charge in [0, 0.05) is 45.7 Å². The molecule has 2 fully saturated rings. The minimum absolute atomic E-state index is 0. The van der Waals surface area contributed by atoms with Crippen LogP contribution in [0.2, 0.25) is 0 Å². The first-order valence-electron chi connectivity index (χ1n) is 8.77. The van der Waals surface area contributed by atoms with Crippen LogP contribution in [0.25, 0.3) is 0 Å². The van der Waals surface area contributed by atoms with Crippen LogP contribution < -0.4 is 10.2 Å². The molecule has 2 aliphatic rings. The molecule has 0 spiro atoms. The molecule has 2 saturated heterocycles. The number of ether oxygens (including phenoxy) is 1. The number of aryl methyl sites for hydroxylation is 2. The summed E-state index contributed by atoms with van der Waals surface area (Å²) in [6.45, 7) is 7.41. The van der Waals surface area contributed by atoms with Crippen molar-refractivity contribution in [3.8, 4) is 0 Å². The molecule has 2 atom stereocenters. The maximum atomic E-state index is 12.2. The fourth-order valence-electron chi connectivity index (χ4n) is 3.63. The molecule has 0 aromatic heterocycles. The van der Waals surface area contributed by atoms with Gasteiger partial charge in [-0.3, -0.25) is 4.79 Å². The van der Waals surface area contributed by atoms with Gasteiger partial charge >= 0.3 is 6.09 Å². The van der Waals surface area contributed by atoms with Crippen LogP contribution in [-0.4, -0.2) is 31.2 Å². The monoisotopic (exact) mass is 418 g/mol. The van der Waals surface area contributed by atoms with E-state index in [1.54, 1.807) is 4.90 Å². The number of hydrogen-bond donors (Lipinski definition) is 1. The predicted molar refractivity (Wildman–Crippen MR) is 92.3 cm³/mol. The van der Waals surface area contributed by atoms with Crippen molar-refractivity contribution in [2.24, 2.45) is 0 Å². The van der Waals surface area contributed by atoms with Crippen molar-refractivity contribution in [2.75, 3.05) is 18.0 Å². The number of rotatable bonds is 4. The number of hydrogen-bond acceptors (Lipinski definition) is 3. The van der Waals surface area contributed by atoms with Gasteiger partial charge in [0.05, 0.1) is 6.54 Å². The second-order valence-electron chi connectivity index (χ2n) is 6.82. The van der Waals surface area contributed by atoms with Gasteiger partial charge in [-0.1, -0.05) is 32.9 Å². The summed E-state index contributed by atoms with van der Waals surface area (Å²) in [4.78, 5) is 25.3. The molecule has 6 heteroatoms. The zero-order valence-electron chi connectivity index (χ0n) is 15.2. The van der Waals surface area contributed by atoms with Crippen LogP contribution >= 0.6 is 0 Å². The number of nitrogens with one attached hydrogen (secondary N) is 1. The van der Waals surface area contributed by atoms with Gasteiger partial charge in [-0.25, -0.2) is 4.79 Å². The normalized spacial score (nSPS) is 23.1. The van der Waals surface area contributed by atoms with E-state index in [0.717, 1.165) is 41.6 Å². The molecule has 133 valence electrons. The van der Waals surface area contributed by atoms with Crippen LogP contribution in [0.4, 0.5) is 10.5 Å². The molecule has 1 aromatic rings. The number of anilines is 1. The number of cyclic esters (lactones) is 1. The quantitative estimate of drug-likeness (QED) is 0.764. The zero-order valence-corrected chi connectivity index (χ0v) is 18.1. The Balaban J connectivity index is 0.00000225. The number of carbonyl (C=O) groups excluding carboxylic acids is 2. The summed E-state index contributed by atoms with van der Waals surface area (Å²) >= 11 is 0. The van der Waals surface area contributed by atoms with Gasteiger partial charge in [0.25, 0.3) is 0 Å². The third kappa shape index (κ3) is 4.43. The maximum absolute atomic E-state index is 12.2. The van der Waals surface area contributed by atoms with Gasteiger partial charge in [-0.15, -0.1) is 11.6 Å². The van der Waals surface area contributed by atoms with Crippen molar-refractivity contribution < 1.29 is 47.0 Å². The Hall–Kier alpha value is -0.936. The Kier molecular flexibility index (Phi) is 7.04. The Morgan fingerprint density at radius 1 is 1.36 bits per heavy atom. The van der Waals surface area contributed by atoms with E-state index < -0.39 is 0 Å². The van der Waals surface area contributed by atoms with Gasteiger partial charge in [-0.05, 0) is 18.8 Å². The van der Waals surface area contributed by atoms with Crippen molar-refractivity contribution in [3.05, 3.63) is 28.8 Å². The molecule has 25 heavy (non-hydrogen) atoms. The van der Waals surface area contributed by atoms with Gasteiger partial charge in [-0.2, -0.15) is 17.2 Å². The minimum Gasteiger partial charge on any atom is -0.445 e. The van der Waals surface area contributed by atoms with E-state index in [1.807, 2.05) is 6.92 Å². The summed E-state index contributed by atoms with van der Waals surface area (Å²) in [5.74, 6) is 0.424. The number of nitrogens with zero attached hydrogens (tertiary/aromatic N) is 1. The van der Waals surface area contributed by atoms with Gasteiger partial charge < -0.3 is 15.0 Å². The largest absolute Gasteiger partial charge is 0.445 e. The SMILES string of the molecule is CCC[C@H]1CN(c2cc(C)c(C3CCC(=O)NC3)[c-]c2C)C(=O)O1.[Y]. The Bertz CT molecular complexity index is 652. The Morgan fingerprint density at radius 2 is 2.12 bits per heavy atom. The molecule has 0 bridgehead atoms. The zero-order chi connectivity index (χ0) is 17.3. The first-order chi connectivity index (χ1) is 11.5. The molecule has 1 unspecified atom stereocenters. The van der Waals surface area contributed by atoms with Crippen LogP contribution in [0.15, 0.2) is 6.07 Å². The third-order valence-corrected chi connectivity index (χ3v) is 4.93. The summed E-state index contributed by atoms with van der Waals surface area (Å²) in [5.41, 5.74) is 4.11. The van der Waals surface area contributed by atoms with E-state index in [0.29, 0.717) is 25.4 Å². The van der Waals surface area contributed by atoms with Gasteiger partial charge in [0.1, 0.15) is 6.10 Å². The average molecular weight is 418 g/mol. The van der Waals surface area contributed by atoms with E-state index in [4.69, 9.17) is 4.74 Å². The van der Waals surface area contributed by atoms with Crippen molar-refractivity contribution in [3.63, 3.8) is 0 Å². The van der Waals surface area contributed by atoms with E-state index >= 15 is 0 Å². The molecular formula is C19H25N2O3Y-. The molecule has 0 aliphatic carbocycles.